The van der Waals surface area contributed by atoms with Gasteiger partial charge >= 0.3 is 6.09 Å². The van der Waals surface area contributed by atoms with Crippen molar-refractivity contribution >= 4 is 6.09 Å². The monoisotopic (exact) mass is 380 g/mol. The Balaban J connectivity index is 1.58. The molecule has 3 aromatic rings. The van der Waals surface area contributed by atoms with Crippen molar-refractivity contribution in [3.63, 3.8) is 0 Å². The number of carbonyl (C=O) groups is 1. The minimum atomic E-state index is -0.439. The number of hydrogen-bond donors (Lipinski definition) is 1. The number of nitrogens with one attached hydrogen (secondary N) is 1. The van der Waals surface area contributed by atoms with Gasteiger partial charge in [0.1, 0.15) is 5.75 Å². The maximum Gasteiger partial charge on any atom is 0.412 e. The summed E-state index contributed by atoms with van der Waals surface area (Å²) in [6, 6.07) is 9.21. The number of rotatable bonds is 9. The lowest BCUT2D eigenvalue weighted by Gasteiger charge is -2.08. The van der Waals surface area contributed by atoms with Crippen LogP contribution in [0.15, 0.2) is 53.5 Å². The largest absolute Gasteiger partial charge is 0.423 e. The van der Waals surface area contributed by atoms with Gasteiger partial charge in [-0.3, -0.25) is 4.98 Å². The van der Waals surface area contributed by atoms with Crippen LogP contribution in [0.2, 0.25) is 0 Å². The lowest BCUT2D eigenvalue weighted by Crippen LogP contribution is -2.27. The van der Waals surface area contributed by atoms with E-state index in [1.807, 2.05) is 18.2 Å². The van der Waals surface area contributed by atoms with Crippen LogP contribution in [0.1, 0.15) is 39.0 Å². The average molecular weight is 380 g/mol. The van der Waals surface area contributed by atoms with Gasteiger partial charge in [-0.25, -0.2) is 4.79 Å². The van der Waals surface area contributed by atoms with Crippen LogP contribution in [0.5, 0.6) is 5.75 Å². The minimum Gasteiger partial charge on any atom is -0.423 e. The summed E-state index contributed by atoms with van der Waals surface area (Å²) in [4.78, 5) is 16.2. The molecule has 0 fully saturated rings. The highest BCUT2D eigenvalue weighted by atomic mass is 16.6. The van der Waals surface area contributed by atoms with Crippen molar-refractivity contribution in [2.75, 3.05) is 6.54 Å². The van der Waals surface area contributed by atoms with Crippen molar-refractivity contribution in [3.05, 3.63) is 49.1 Å². The van der Waals surface area contributed by atoms with E-state index in [0.29, 0.717) is 18.2 Å². The maximum absolute atomic E-state index is 12.0. The molecule has 0 spiro atoms. The van der Waals surface area contributed by atoms with Crippen LogP contribution in [0.3, 0.4) is 0 Å². The fourth-order valence-electron chi connectivity index (χ4n) is 2.81. The molecule has 0 saturated heterocycles. The van der Waals surface area contributed by atoms with Gasteiger partial charge < -0.3 is 14.5 Å². The summed E-state index contributed by atoms with van der Waals surface area (Å²) in [5.74, 6) is 0.879. The van der Waals surface area contributed by atoms with Gasteiger partial charge in [0.05, 0.1) is 5.56 Å². The summed E-state index contributed by atoms with van der Waals surface area (Å²) in [5, 5.41) is 10.4. The Hall–Kier alpha value is -3.22. The molecule has 3 rings (SSSR count). The molecule has 7 heteroatoms. The van der Waals surface area contributed by atoms with Gasteiger partial charge in [-0.2, -0.15) is 0 Å². The molecule has 146 valence electrons. The summed E-state index contributed by atoms with van der Waals surface area (Å²) in [5.41, 5.74) is 2.46. The Labute approximate surface area is 164 Å². The molecule has 0 saturated carbocycles. The van der Waals surface area contributed by atoms with Gasteiger partial charge in [0, 0.05) is 24.5 Å². The second kappa shape index (κ2) is 10.2. The summed E-state index contributed by atoms with van der Waals surface area (Å²) in [7, 11) is 0. The van der Waals surface area contributed by atoms with Crippen molar-refractivity contribution in [1.82, 2.24) is 20.5 Å². The smallest absolute Gasteiger partial charge is 0.412 e. The Morgan fingerprint density at radius 3 is 2.75 bits per heavy atom. The summed E-state index contributed by atoms with van der Waals surface area (Å²) in [6.45, 7) is 2.81. The maximum atomic E-state index is 12.0. The van der Waals surface area contributed by atoms with Crippen LogP contribution in [0, 0.1) is 0 Å². The van der Waals surface area contributed by atoms with Crippen LogP contribution in [0.25, 0.3) is 22.6 Å². The van der Waals surface area contributed by atoms with Gasteiger partial charge in [-0.15, -0.1) is 10.2 Å². The highest BCUT2D eigenvalue weighted by Gasteiger charge is 2.09. The van der Waals surface area contributed by atoms with Gasteiger partial charge in [-0.05, 0) is 30.2 Å². The molecule has 2 heterocycles. The molecule has 1 N–H and O–H groups in total. The molecule has 0 bridgehead atoms. The van der Waals surface area contributed by atoms with Crippen LogP contribution >= 0.6 is 0 Å². The SMILES string of the molecule is CCCCCCCNC(=O)Oc1cccc(-c2cncc(-c3nnco3)c2)c1. The Morgan fingerprint density at radius 2 is 1.93 bits per heavy atom. The molecule has 2 aromatic heterocycles. The lowest BCUT2D eigenvalue weighted by molar-refractivity contribution is 0.200. The van der Waals surface area contributed by atoms with E-state index >= 15 is 0 Å². The van der Waals surface area contributed by atoms with Gasteiger partial charge in [0.2, 0.25) is 12.3 Å². The van der Waals surface area contributed by atoms with E-state index in [1.54, 1.807) is 24.5 Å². The number of pyridine rings is 1. The third-order valence-corrected chi connectivity index (χ3v) is 4.27. The third kappa shape index (κ3) is 5.64. The zero-order chi connectivity index (χ0) is 19.6. The first-order valence-electron chi connectivity index (χ1n) is 9.54. The number of nitrogens with zero attached hydrogens (tertiary/aromatic N) is 3. The number of ether oxygens (including phenoxy) is 1. The average Bonchev–Trinajstić information content (AvgIpc) is 3.26. The van der Waals surface area contributed by atoms with E-state index in [2.05, 4.69) is 27.4 Å². The standard InChI is InChI=1S/C21H24N4O3/c1-2-3-4-5-6-10-23-21(26)28-19-9-7-8-16(12-19)17-11-18(14-22-13-17)20-25-24-15-27-20/h7-9,11-15H,2-6,10H2,1H3,(H,23,26). The Kier molecular flexibility index (Phi) is 7.12. The first-order chi connectivity index (χ1) is 13.8. The Bertz CT molecular complexity index is 881. The molecular formula is C21H24N4O3. The van der Waals surface area contributed by atoms with Gasteiger partial charge in [0.25, 0.3) is 0 Å². The normalized spacial score (nSPS) is 10.6. The van der Waals surface area contributed by atoms with Crippen LogP contribution < -0.4 is 10.1 Å². The molecule has 0 unspecified atom stereocenters. The first kappa shape index (κ1) is 19.5. The first-order valence-corrected chi connectivity index (χ1v) is 9.54. The number of unbranched alkanes of at least 4 members (excludes halogenated alkanes) is 4. The Morgan fingerprint density at radius 1 is 1.07 bits per heavy atom. The second-order valence-corrected chi connectivity index (χ2v) is 6.46. The summed E-state index contributed by atoms with van der Waals surface area (Å²) >= 11 is 0. The number of hydrogen-bond acceptors (Lipinski definition) is 6. The zero-order valence-corrected chi connectivity index (χ0v) is 15.9. The van der Waals surface area contributed by atoms with E-state index < -0.39 is 6.09 Å². The predicted molar refractivity (Wildman–Crippen MR) is 106 cm³/mol. The van der Waals surface area contributed by atoms with E-state index in [0.717, 1.165) is 29.5 Å². The molecule has 0 aliphatic heterocycles. The molecule has 0 radical (unpaired) electrons. The predicted octanol–water partition coefficient (Wildman–Crippen LogP) is 4.86. The van der Waals surface area contributed by atoms with Crippen molar-refractivity contribution in [3.8, 4) is 28.3 Å². The molecule has 0 aliphatic carbocycles. The van der Waals surface area contributed by atoms with Crippen molar-refractivity contribution < 1.29 is 13.9 Å². The summed E-state index contributed by atoms with van der Waals surface area (Å²) < 4.78 is 10.6. The number of benzene rings is 1. The second-order valence-electron chi connectivity index (χ2n) is 6.46. The van der Waals surface area contributed by atoms with E-state index in [4.69, 9.17) is 9.15 Å². The molecule has 0 aliphatic rings. The highest BCUT2D eigenvalue weighted by Crippen LogP contribution is 2.26. The van der Waals surface area contributed by atoms with Crippen LogP contribution in [0.4, 0.5) is 4.79 Å². The molecule has 1 amide bonds. The zero-order valence-electron chi connectivity index (χ0n) is 15.9. The quantitative estimate of drug-likeness (QED) is 0.533. The topological polar surface area (TPSA) is 90.1 Å². The van der Waals surface area contributed by atoms with Gasteiger partial charge in [0.15, 0.2) is 0 Å². The highest BCUT2D eigenvalue weighted by molar-refractivity contribution is 5.73. The minimum absolute atomic E-state index is 0.403. The van der Waals surface area contributed by atoms with Crippen molar-refractivity contribution in [2.45, 2.75) is 39.0 Å². The van der Waals surface area contributed by atoms with Crippen LogP contribution in [-0.2, 0) is 0 Å². The van der Waals surface area contributed by atoms with E-state index in [9.17, 15) is 4.79 Å². The number of carbonyl (C=O) groups excluding carboxylic acids is 1. The number of amides is 1. The van der Waals surface area contributed by atoms with E-state index in [-0.39, 0.29) is 0 Å². The number of aromatic nitrogens is 3. The third-order valence-electron chi connectivity index (χ3n) is 4.27. The molecule has 28 heavy (non-hydrogen) atoms. The molecule has 1 aromatic carbocycles. The fraction of sp³-hybridized carbons (Fsp3) is 0.333. The van der Waals surface area contributed by atoms with Gasteiger partial charge in [-0.1, -0.05) is 44.7 Å². The molecule has 7 nitrogen and oxygen atoms in total. The summed E-state index contributed by atoms with van der Waals surface area (Å²) in [6.07, 6.45) is 9.95. The van der Waals surface area contributed by atoms with E-state index in [1.165, 1.54) is 25.7 Å². The van der Waals surface area contributed by atoms with Crippen molar-refractivity contribution in [1.29, 1.82) is 0 Å². The fourth-order valence-corrected chi connectivity index (χ4v) is 2.81. The van der Waals surface area contributed by atoms with Crippen molar-refractivity contribution in [2.24, 2.45) is 0 Å². The van der Waals surface area contributed by atoms with Crippen LogP contribution in [-0.4, -0.2) is 27.8 Å². The molecule has 0 atom stereocenters. The lowest BCUT2D eigenvalue weighted by atomic mass is 10.1. The molecular weight excluding hydrogens is 356 g/mol.